The number of para-hydroxylation sites is 1. The van der Waals surface area contributed by atoms with E-state index in [1.165, 1.54) is 0 Å². The van der Waals surface area contributed by atoms with Gasteiger partial charge in [0.15, 0.2) is 0 Å². The van der Waals surface area contributed by atoms with Crippen LogP contribution < -0.4 is 15.8 Å². The maximum absolute atomic E-state index is 12.1. The van der Waals surface area contributed by atoms with Gasteiger partial charge in [0.2, 0.25) is 0 Å². The molecule has 0 aliphatic carbocycles. The number of benzene rings is 2. The smallest absolute Gasteiger partial charge is 0.321 e. The maximum atomic E-state index is 12.1. The quantitative estimate of drug-likeness (QED) is 0.849. The Morgan fingerprint density at radius 2 is 1.86 bits per heavy atom. The molecule has 0 unspecified atom stereocenters. The Kier molecular flexibility index (Phi) is 4.66. The number of nitrogens with one attached hydrogen (secondary N) is 1. The van der Waals surface area contributed by atoms with Crippen LogP contribution in [0.3, 0.4) is 0 Å². The fourth-order valence-corrected chi connectivity index (χ4v) is 1.95. The summed E-state index contributed by atoms with van der Waals surface area (Å²) in [6.45, 7) is 0.463. The van der Waals surface area contributed by atoms with Crippen LogP contribution in [0, 0.1) is 0 Å². The zero-order chi connectivity index (χ0) is 15.2. The van der Waals surface area contributed by atoms with Crippen molar-refractivity contribution in [2.75, 3.05) is 25.2 Å². The van der Waals surface area contributed by atoms with E-state index in [9.17, 15) is 4.79 Å². The molecule has 5 heteroatoms. The zero-order valence-corrected chi connectivity index (χ0v) is 12.2. The lowest BCUT2D eigenvalue weighted by atomic mass is 10.2. The van der Waals surface area contributed by atoms with E-state index >= 15 is 0 Å². The lowest BCUT2D eigenvalue weighted by Crippen LogP contribution is -2.30. The molecule has 0 bridgehead atoms. The van der Waals surface area contributed by atoms with Gasteiger partial charge in [-0.2, -0.15) is 0 Å². The second kappa shape index (κ2) is 6.65. The molecule has 0 spiro atoms. The normalized spacial score (nSPS) is 10.0. The Morgan fingerprint density at radius 1 is 1.19 bits per heavy atom. The second-order valence-electron chi connectivity index (χ2n) is 4.72. The third-order valence-corrected chi connectivity index (χ3v) is 3.11. The minimum absolute atomic E-state index is 0.189. The summed E-state index contributed by atoms with van der Waals surface area (Å²) in [5.41, 5.74) is 7.94. The van der Waals surface area contributed by atoms with Crippen LogP contribution in [-0.4, -0.2) is 25.1 Å². The van der Waals surface area contributed by atoms with Gasteiger partial charge < -0.3 is 20.7 Å². The molecule has 3 N–H and O–H groups in total. The van der Waals surface area contributed by atoms with E-state index in [0.29, 0.717) is 17.9 Å². The number of rotatable bonds is 4. The number of ether oxygens (including phenoxy) is 1. The number of nitrogen functional groups attached to an aromatic ring is 1. The number of anilines is 2. The van der Waals surface area contributed by atoms with Crippen molar-refractivity contribution in [3.63, 3.8) is 0 Å². The second-order valence-corrected chi connectivity index (χ2v) is 4.72. The summed E-state index contributed by atoms with van der Waals surface area (Å²) in [4.78, 5) is 13.7. The van der Waals surface area contributed by atoms with Gasteiger partial charge in [-0.25, -0.2) is 4.79 Å². The van der Waals surface area contributed by atoms with Gasteiger partial charge in [0.1, 0.15) is 5.75 Å². The number of urea groups is 1. The largest absolute Gasteiger partial charge is 0.496 e. The summed E-state index contributed by atoms with van der Waals surface area (Å²) in [5, 5.41) is 2.82. The van der Waals surface area contributed by atoms with Gasteiger partial charge >= 0.3 is 6.03 Å². The van der Waals surface area contributed by atoms with Crippen molar-refractivity contribution in [1.82, 2.24) is 4.90 Å². The number of carbonyl (C=O) groups is 1. The molecule has 0 heterocycles. The average molecular weight is 285 g/mol. The van der Waals surface area contributed by atoms with Crippen LogP contribution >= 0.6 is 0 Å². The number of amides is 2. The van der Waals surface area contributed by atoms with Gasteiger partial charge in [0.25, 0.3) is 0 Å². The predicted octanol–water partition coefficient (Wildman–Crippen LogP) is 2.94. The number of methoxy groups -OCH3 is 1. The Hall–Kier alpha value is -2.69. The van der Waals surface area contributed by atoms with Crippen LogP contribution in [0.4, 0.5) is 16.2 Å². The van der Waals surface area contributed by atoms with E-state index < -0.39 is 0 Å². The zero-order valence-electron chi connectivity index (χ0n) is 12.2. The van der Waals surface area contributed by atoms with Crippen LogP contribution in [0.25, 0.3) is 0 Å². The van der Waals surface area contributed by atoms with E-state index in [0.717, 1.165) is 11.3 Å². The standard InChI is InChI=1S/C16H19N3O2/c1-19(11-12-5-3-4-6-15(12)21-2)16(20)18-14-9-7-13(17)8-10-14/h3-10H,11,17H2,1-2H3,(H,18,20). The van der Waals surface area contributed by atoms with Crippen LogP contribution in [0.2, 0.25) is 0 Å². The summed E-state index contributed by atoms with van der Waals surface area (Å²) in [7, 11) is 3.35. The molecular weight excluding hydrogens is 266 g/mol. The SMILES string of the molecule is COc1ccccc1CN(C)C(=O)Nc1ccc(N)cc1. The van der Waals surface area contributed by atoms with Crippen molar-refractivity contribution < 1.29 is 9.53 Å². The maximum Gasteiger partial charge on any atom is 0.321 e. The molecule has 2 amide bonds. The average Bonchev–Trinajstić information content (AvgIpc) is 2.50. The highest BCUT2D eigenvalue weighted by Gasteiger charge is 2.11. The molecule has 2 aromatic carbocycles. The van der Waals surface area contributed by atoms with Gasteiger partial charge in [-0.3, -0.25) is 0 Å². The summed E-state index contributed by atoms with van der Waals surface area (Å²) in [5.74, 6) is 0.768. The van der Waals surface area contributed by atoms with Gasteiger partial charge in [-0.15, -0.1) is 0 Å². The van der Waals surface area contributed by atoms with Crippen molar-refractivity contribution in [1.29, 1.82) is 0 Å². The van der Waals surface area contributed by atoms with E-state index in [-0.39, 0.29) is 6.03 Å². The van der Waals surface area contributed by atoms with E-state index in [1.807, 2.05) is 24.3 Å². The molecular formula is C16H19N3O2. The molecule has 0 saturated carbocycles. The molecule has 2 aromatic rings. The number of nitrogens with zero attached hydrogens (tertiary/aromatic N) is 1. The minimum atomic E-state index is -0.189. The summed E-state index contributed by atoms with van der Waals surface area (Å²) >= 11 is 0. The number of carbonyl (C=O) groups excluding carboxylic acids is 1. The Balaban J connectivity index is 2.01. The summed E-state index contributed by atoms with van der Waals surface area (Å²) in [6, 6.07) is 14.5. The number of nitrogens with two attached hydrogens (primary N) is 1. The Labute approximate surface area is 124 Å². The molecule has 0 aromatic heterocycles. The molecule has 0 fully saturated rings. The highest BCUT2D eigenvalue weighted by atomic mass is 16.5. The van der Waals surface area contributed by atoms with Crippen LogP contribution in [0.15, 0.2) is 48.5 Å². The fraction of sp³-hybridized carbons (Fsp3) is 0.188. The van der Waals surface area contributed by atoms with Crippen LogP contribution in [-0.2, 0) is 6.54 Å². The molecule has 0 aliphatic rings. The molecule has 0 atom stereocenters. The Bertz CT molecular complexity index is 611. The van der Waals surface area contributed by atoms with Gasteiger partial charge in [0.05, 0.1) is 13.7 Å². The molecule has 110 valence electrons. The predicted molar refractivity (Wildman–Crippen MR) is 84.3 cm³/mol. The first-order valence-corrected chi connectivity index (χ1v) is 6.59. The van der Waals surface area contributed by atoms with Crippen molar-refractivity contribution >= 4 is 17.4 Å². The molecule has 0 radical (unpaired) electrons. The summed E-state index contributed by atoms with van der Waals surface area (Å²) < 4.78 is 5.29. The van der Waals surface area contributed by atoms with Gasteiger partial charge in [-0.1, -0.05) is 18.2 Å². The van der Waals surface area contributed by atoms with Crippen molar-refractivity contribution in [2.24, 2.45) is 0 Å². The fourth-order valence-electron chi connectivity index (χ4n) is 1.95. The van der Waals surface area contributed by atoms with Crippen molar-refractivity contribution in [2.45, 2.75) is 6.54 Å². The van der Waals surface area contributed by atoms with E-state index in [2.05, 4.69) is 5.32 Å². The number of hydrogen-bond acceptors (Lipinski definition) is 3. The molecule has 5 nitrogen and oxygen atoms in total. The minimum Gasteiger partial charge on any atom is -0.496 e. The van der Waals surface area contributed by atoms with E-state index in [1.54, 1.807) is 43.3 Å². The highest BCUT2D eigenvalue weighted by molar-refractivity contribution is 5.89. The lowest BCUT2D eigenvalue weighted by molar-refractivity contribution is 0.220. The van der Waals surface area contributed by atoms with Crippen molar-refractivity contribution in [3.8, 4) is 5.75 Å². The third-order valence-electron chi connectivity index (χ3n) is 3.11. The van der Waals surface area contributed by atoms with Gasteiger partial charge in [0, 0.05) is 24.0 Å². The van der Waals surface area contributed by atoms with Gasteiger partial charge in [-0.05, 0) is 30.3 Å². The Morgan fingerprint density at radius 3 is 2.52 bits per heavy atom. The summed E-state index contributed by atoms with van der Waals surface area (Å²) in [6.07, 6.45) is 0. The lowest BCUT2D eigenvalue weighted by Gasteiger charge is -2.19. The van der Waals surface area contributed by atoms with Crippen molar-refractivity contribution in [3.05, 3.63) is 54.1 Å². The van der Waals surface area contributed by atoms with E-state index in [4.69, 9.17) is 10.5 Å². The first kappa shape index (κ1) is 14.7. The number of hydrogen-bond donors (Lipinski definition) is 2. The van der Waals surface area contributed by atoms with Crippen LogP contribution in [0.5, 0.6) is 5.75 Å². The first-order valence-electron chi connectivity index (χ1n) is 6.59. The third kappa shape index (κ3) is 3.89. The molecule has 0 saturated heterocycles. The first-order chi connectivity index (χ1) is 10.1. The molecule has 0 aliphatic heterocycles. The monoisotopic (exact) mass is 285 g/mol. The molecule has 21 heavy (non-hydrogen) atoms. The highest BCUT2D eigenvalue weighted by Crippen LogP contribution is 2.19. The van der Waals surface area contributed by atoms with Crippen LogP contribution in [0.1, 0.15) is 5.56 Å². The molecule has 2 rings (SSSR count). The topological polar surface area (TPSA) is 67.6 Å².